The van der Waals surface area contributed by atoms with Gasteiger partial charge in [0.25, 0.3) is 0 Å². The minimum atomic E-state index is -0.933. The monoisotopic (exact) mass is 295 g/mol. The molecule has 0 aromatic heterocycles. The van der Waals surface area contributed by atoms with Crippen molar-refractivity contribution in [3.05, 3.63) is 23.5 Å². The Morgan fingerprint density at radius 2 is 2.05 bits per heavy atom. The van der Waals surface area contributed by atoms with Crippen LogP contribution in [0.3, 0.4) is 0 Å². The third-order valence-electron chi connectivity index (χ3n) is 3.97. The quantitative estimate of drug-likeness (QED) is 0.804. The lowest BCUT2D eigenvalue weighted by atomic mass is 10.0. The zero-order valence-electron chi connectivity index (χ0n) is 11.6. The molecule has 7 heteroatoms. The van der Waals surface area contributed by atoms with Gasteiger partial charge in [-0.25, -0.2) is 9.18 Å². The van der Waals surface area contributed by atoms with Crippen LogP contribution >= 0.6 is 0 Å². The van der Waals surface area contributed by atoms with Gasteiger partial charge in [0.05, 0.1) is 5.69 Å². The maximum Gasteiger partial charge on any atom is 0.407 e. The number of nitrogens with two attached hydrogens (primary N) is 1. The maximum absolute atomic E-state index is 14.6. The van der Waals surface area contributed by atoms with E-state index in [1.807, 2.05) is 11.0 Å². The van der Waals surface area contributed by atoms with E-state index in [0.29, 0.717) is 44.9 Å². The number of halogens is 1. The molecule has 1 aromatic carbocycles. The molecule has 2 aliphatic rings. The van der Waals surface area contributed by atoms with Gasteiger partial charge in [-0.15, -0.1) is 0 Å². The number of anilines is 1. The van der Waals surface area contributed by atoms with Crippen LogP contribution in [0.5, 0.6) is 5.75 Å². The number of carbonyl (C=O) groups is 1. The fourth-order valence-corrected chi connectivity index (χ4v) is 2.82. The van der Waals surface area contributed by atoms with Gasteiger partial charge in [0.15, 0.2) is 11.6 Å². The molecule has 21 heavy (non-hydrogen) atoms. The smallest absolute Gasteiger partial charge is 0.407 e. The summed E-state index contributed by atoms with van der Waals surface area (Å²) in [5.74, 6) is -0.0851. The Kier molecular flexibility index (Phi) is 3.59. The van der Waals surface area contributed by atoms with Gasteiger partial charge >= 0.3 is 6.09 Å². The van der Waals surface area contributed by atoms with Crippen LogP contribution < -0.4 is 15.4 Å². The number of nitrogens with zero attached hydrogens (tertiary/aromatic N) is 2. The summed E-state index contributed by atoms with van der Waals surface area (Å²) in [4.78, 5) is 14.1. The van der Waals surface area contributed by atoms with Crippen LogP contribution in [0.4, 0.5) is 14.9 Å². The van der Waals surface area contributed by atoms with Crippen molar-refractivity contribution >= 4 is 11.8 Å². The molecule has 3 N–H and O–H groups in total. The first-order chi connectivity index (χ1) is 10.1. The molecule has 1 unspecified atom stereocenters. The molecule has 1 atom stereocenters. The fourth-order valence-electron chi connectivity index (χ4n) is 2.82. The Morgan fingerprint density at radius 1 is 1.33 bits per heavy atom. The van der Waals surface area contributed by atoms with Crippen LogP contribution in [0, 0.1) is 5.82 Å². The van der Waals surface area contributed by atoms with Crippen LogP contribution in [-0.2, 0) is 6.42 Å². The third-order valence-corrected chi connectivity index (χ3v) is 3.97. The highest BCUT2D eigenvalue weighted by Gasteiger charge is 2.27. The molecule has 1 saturated heterocycles. The van der Waals surface area contributed by atoms with Crippen molar-refractivity contribution in [3.63, 3.8) is 0 Å². The number of fused-ring (bicyclic) bond motifs is 1. The zero-order valence-corrected chi connectivity index (χ0v) is 11.6. The molecule has 1 fully saturated rings. The summed E-state index contributed by atoms with van der Waals surface area (Å²) in [6, 6.07) is 3.48. The largest absolute Gasteiger partial charge is 0.489 e. The SMILES string of the molecule is NC1COc2c(ccc(N3CCN(C(=O)O)CC3)c2F)C1. The minimum Gasteiger partial charge on any atom is -0.489 e. The zero-order chi connectivity index (χ0) is 15.0. The van der Waals surface area contributed by atoms with Crippen LogP contribution in [0.2, 0.25) is 0 Å². The van der Waals surface area contributed by atoms with Crippen LogP contribution in [-0.4, -0.2) is 54.9 Å². The molecule has 114 valence electrons. The molecule has 0 saturated carbocycles. The molecule has 1 amide bonds. The van der Waals surface area contributed by atoms with Gasteiger partial charge in [-0.1, -0.05) is 6.07 Å². The van der Waals surface area contributed by atoms with E-state index in [2.05, 4.69) is 0 Å². The first kappa shape index (κ1) is 13.9. The number of benzene rings is 1. The second-order valence-corrected chi connectivity index (χ2v) is 5.42. The van der Waals surface area contributed by atoms with E-state index >= 15 is 0 Å². The molecule has 0 spiro atoms. The Labute approximate surface area is 121 Å². The molecular weight excluding hydrogens is 277 g/mol. The maximum atomic E-state index is 14.6. The molecule has 1 aromatic rings. The highest BCUT2D eigenvalue weighted by Crippen LogP contribution is 2.34. The summed E-state index contributed by atoms with van der Waals surface area (Å²) in [6.45, 7) is 2.01. The standard InChI is InChI=1S/C14H18FN3O3/c15-12-11(17-3-5-18(6-4-17)14(19)20)2-1-9-7-10(16)8-21-13(9)12/h1-2,10H,3-8,16H2,(H,19,20). The molecule has 3 rings (SSSR count). The predicted octanol–water partition coefficient (Wildman–Crippen LogP) is 0.888. The number of ether oxygens (including phenoxy) is 1. The molecule has 0 bridgehead atoms. The average Bonchev–Trinajstić information content (AvgIpc) is 2.47. The predicted molar refractivity (Wildman–Crippen MR) is 75.4 cm³/mol. The van der Waals surface area contributed by atoms with E-state index in [1.54, 1.807) is 6.07 Å². The molecule has 6 nitrogen and oxygen atoms in total. The Hall–Kier alpha value is -2.02. The second-order valence-electron chi connectivity index (χ2n) is 5.42. The van der Waals surface area contributed by atoms with Crippen LogP contribution in [0.1, 0.15) is 5.56 Å². The summed E-state index contributed by atoms with van der Waals surface area (Å²) in [6.07, 6.45) is -0.322. The first-order valence-corrected chi connectivity index (χ1v) is 6.99. The normalized spacial score (nSPS) is 21.7. The van der Waals surface area contributed by atoms with Gasteiger partial charge < -0.3 is 25.4 Å². The van der Waals surface area contributed by atoms with Crippen molar-refractivity contribution in [1.82, 2.24) is 4.90 Å². The van der Waals surface area contributed by atoms with Crippen molar-refractivity contribution < 1.29 is 19.0 Å². The number of hydrogen-bond acceptors (Lipinski definition) is 4. The Balaban J connectivity index is 1.79. The number of rotatable bonds is 1. The highest BCUT2D eigenvalue weighted by atomic mass is 19.1. The number of hydrogen-bond donors (Lipinski definition) is 2. The van der Waals surface area contributed by atoms with Gasteiger partial charge in [0.1, 0.15) is 6.61 Å². The lowest BCUT2D eigenvalue weighted by molar-refractivity contribution is 0.142. The lowest BCUT2D eigenvalue weighted by Gasteiger charge is -2.35. The molecule has 0 aliphatic carbocycles. The van der Waals surface area contributed by atoms with E-state index in [9.17, 15) is 9.18 Å². The Bertz CT molecular complexity index is 559. The van der Waals surface area contributed by atoms with E-state index in [-0.39, 0.29) is 17.6 Å². The van der Waals surface area contributed by atoms with Gasteiger partial charge in [0.2, 0.25) is 0 Å². The van der Waals surface area contributed by atoms with E-state index in [0.717, 1.165) is 5.56 Å². The van der Waals surface area contributed by atoms with Crippen molar-refractivity contribution in [2.45, 2.75) is 12.5 Å². The number of piperazine rings is 1. The van der Waals surface area contributed by atoms with Gasteiger partial charge in [-0.2, -0.15) is 0 Å². The van der Waals surface area contributed by atoms with Crippen molar-refractivity contribution in [2.75, 3.05) is 37.7 Å². The van der Waals surface area contributed by atoms with Gasteiger partial charge in [0, 0.05) is 32.2 Å². The van der Waals surface area contributed by atoms with Crippen molar-refractivity contribution in [2.24, 2.45) is 5.73 Å². The first-order valence-electron chi connectivity index (χ1n) is 6.99. The van der Waals surface area contributed by atoms with E-state index < -0.39 is 6.09 Å². The van der Waals surface area contributed by atoms with Crippen molar-refractivity contribution in [1.29, 1.82) is 0 Å². The summed E-state index contributed by atoms with van der Waals surface area (Å²) < 4.78 is 20.0. The number of carboxylic acid groups (broad SMARTS) is 1. The molecule has 2 heterocycles. The number of amides is 1. The minimum absolute atomic E-state index is 0.0955. The van der Waals surface area contributed by atoms with E-state index in [1.165, 1.54) is 4.90 Å². The van der Waals surface area contributed by atoms with E-state index in [4.69, 9.17) is 15.6 Å². The van der Waals surface area contributed by atoms with Gasteiger partial charge in [-0.05, 0) is 18.1 Å². The topological polar surface area (TPSA) is 79.0 Å². The average molecular weight is 295 g/mol. The highest BCUT2D eigenvalue weighted by molar-refractivity contribution is 5.66. The summed E-state index contributed by atoms with van der Waals surface area (Å²) in [5, 5.41) is 8.93. The fraction of sp³-hybridized carbons (Fsp3) is 0.500. The lowest BCUT2D eigenvalue weighted by Crippen LogP contribution is -2.48. The van der Waals surface area contributed by atoms with Crippen LogP contribution in [0.15, 0.2) is 12.1 Å². The molecular formula is C14H18FN3O3. The summed E-state index contributed by atoms with van der Waals surface area (Å²) in [5.41, 5.74) is 7.06. The Morgan fingerprint density at radius 3 is 2.71 bits per heavy atom. The molecule has 2 aliphatic heterocycles. The second kappa shape index (κ2) is 5.40. The van der Waals surface area contributed by atoms with Gasteiger partial charge in [-0.3, -0.25) is 0 Å². The summed E-state index contributed by atoms with van der Waals surface area (Å²) >= 11 is 0. The van der Waals surface area contributed by atoms with Crippen molar-refractivity contribution in [3.8, 4) is 5.75 Å². The third kappa shape index (κ3) is 2.61. The summed E-state index contributed by atoms with van der Waals surface area (Å²) in [7, 11) is 0. The van der Waals surface area contributed by atoms with Crippen LogP contribution in [0.25, 0.3) is 0 Å². The molecule has 0 radical (unpaired) electrons.